The molecule has 0 unspecified atom stereocenters. The highest BCUT2D eigenvalue weighted by molar-refractivity contribution is 5.03. The van der Waals surface area contributed by atoms with E-state index in [-0.39, 0.29) is 12.8 Å². The van der Waals surface area contributed by atoms with Gasteiger partial charge in [0, 0.05) is 6.42 Å². The van der Waals surface area contributed by atoms with E-state index in [1.165, 1.54) is 12.0 Å². The molecule has 0 spiro atoms. The second-order valence-corrected chi connectivity index (χ2v) is 8.41. The van der Waals surface area contributed by atoms with Crippen LogP contribution >= 0.6 is 0 Å². The molecule has 178 valence electrons. The molecule has 0 atom stereocenters. The van der Waals surface area contributed by atoms with Crippen molar-refractivity contribution in [1.29, 1.82) is 0 Å². The Morgan fingerprint density at radius 3 is 1.73 bits per heavy atom. The molecule has 0 N–H and O–H groups in total. The van der Waals surface area contributed by atoms with Crippen LogP contribution in [-0.2, 0) is 9.47 Å². The van der Waals surface area contributed by atoms with Crippen LogP contribution in [0.4, 0.5) is 26.3 Å². The summed E-state index contributed by atoms with van der Waals surface area (Å²) < 4.78 is 83.8. The fourth-order valence-electron chi connectivity index (χ4n) is 2.78. The first-order chi connectivity index (χ1) is 13.6. The average molecular weight is 447 g/mol. The first kappa shape index (κ1) is 29.0. The summed E-state index contributed by atoms with van der Waals surface area (Å²) in [5.41, 5.74) is 2.35. The Morgan fingerprint density at radius 1 is 0.800 bits per heavy atom. The van der Waals surface area contributed by atoms with Crippen molar-refractivity contribution in [3.8, 4) is 0 Å². The first-order valence-electron chi connectivity index (χ1n) is 10.3. The third-order valence-corrected chi connectivity index (χ3v) is 4.56. The van der Waals surface area contributed by atoms with Crippen molar-refractivity contribution < 1.29 is 35.8 Å². The maximum absolute atomic E-state index is 12.4. The minimum Gasteiger partial charge on any atom is -0.341 e. The van der Waals surface area contributed by atoms with Gasteiger partial charge in [0.1, 0.15) is 13.2 Å². The summed E-state index contributed by atoms with van der Waals surface area (Å²) in [4.78, 5) is 0. The largest absolute Gasteiger partial charge is 0.411 e. The van der Waals surface area contributed by atoms with Gasteiger partial charge >= 0.3 is 12.4 Å². The summed E-state index contributed by atoms with van der Waals surface area (Å²) in [6, 6.07) is 0. The number of hydrogen-bond acceptors (Lipinski definition) is 2. The molecular formula is C22H36F6O2. The van der Waals surface area contributed by atoms with E-state index in [0.29, 0.717) is 5.92 Å². The highest BCUT2D eigenvalue weighted by Crippen LogP contribution is 2.28. The van der Waals surface area contributed by atoms with Crippen LogP contribution in [0, 0.1) is 5.92 Å². The van der Waals surface area contributed by atoms with Crippen LogP contribution in [-0.4, -0.2) is 31.4 Å². The van der Waals surface area contributed by atoms with Crippen LogP contribution in [0.2, 0.25) is 0 Å². The van der Waals surface area contributed by atoms with Crippen molar-refractivity contribution >= 4 is 0 Å². The maximum atomic E-state index is 12.4. The van der Waals surface area contributed by atoms with Gasteiger partial charge in [-0.1, -0.05) is 43.6 Å². The lowest BCUT2D eigenvalue weighted by Crippen LogP contribution is -2.39. The molecule has 0 rings (SSSR count). The zero-order chi connectivity index (χ0) is 23.4. The van der Waals surface area contributed by atoms with Crippen LogP contribution < -0.4 is 0 Å². The molecule has 0 saturated heterocycles. The summed E-state index contributed by atoms with van der Waals surface area (Å²) in [7, 11) is 0. The van der Waals surface area contributed by atoms with Crippen molar-refractivity contribution in [3.63, 3.8) is 0 Å². The molecule has 0 aliphatic carbocycles. The van der Waals surface area contributed by atoms with Crippen LogP contribution in [0.15, 0.2) is 23.3 Å². The molecule has 8 heteroatoms. The fraction of sp³-hybridized carbons (Fsp3) is 0.818. The van der Waals surface area contributed by atoms with Gasteiger partial charge in [0.25, 0.3) is 0 Å². The predicted molar refractivity (Wildman–Crippen MR) is 107 cm³/mol. The monoisotopic (exact) mass is 446 g/mol. The van der Waals surface area contributed by atoms with E-state index in [1.54, 1.807) is 0 Å². The van der Waals surface area contributed by atoms with Gasteiger partial charge < -0.3 is 9.47 Å². The van der Waals surface area contributed by atoms with E-state index in [9.17, 15) is 26.3 Å². The van der Waals surface area contributed by atoms with E-state index < -0.39 is 31.4 Å². The third kappa shape index (κ3) is 17.8. The number of allylic oxidation sites excluding steroid dienone is 4. The van der Waals surface area contributed by atoms with E-state index in [2.05, 4.69) is 36.3 Å². The van der Waals surface area contributed by atoms with Gasteiger partial charge in [0.2, 0.25) is 0 Å². The Labute approximate surface area is 176 Å². The fourth-order valence-corrected chi connectivity index (χ4v) is 2.78. The SMILES string of the molecule is C/C(=C/CC/C(C)=C/CCC(C)(OCC(F)(F)F)OCC(F)(F)F)CCCC(C)C. The molecular weight excluding hydrogens is 410 g/mol. The van der Waals surface area contributed by atoms with Crippen LogP contribution in [0.1, 0.15) is 79.6 Å². The van der Waals surface area contributed by atoms with Crippen LogP contribution in [0.25, 0.3) is 0 Å². The average Bonchev–Trinajstić information content (AvgIpc) is 2.57. The van der Waals surface area contributed by atoms with E-state index in [0.717, 1.165) is 38.2 Å². The molecule has 0 saturated carbocycles. The lowest BCUT2D eigenvalue weighted by Gasteiger charge is -2.30. The molecule has 0 fully saturated rings. The van der Waals surface area contributed by atoms with Crippen molar-refractivity contribution in [2.45, 2.75) is 97.7 Å². The second kappa shape index (κ2) is 13.4. The van der Waals surface area contributed by atoms with Crippen molar-refractivity contribution in [2.24, 2.45) is 5.92 Å². The molecule has 0 radical (unpaired) electrons. The number of hydrogen-bond donors (Lipinski definition) is 0. The smallest absolute Gasteiger partial charge is 0.341 e. The van der Waals surface area contributed by atoms with Gasteiger partial charge in [-0.05, 0) is 58.8 Å². The third-order valence-electron chi connectivity index (χ3n) is 4.56. The summed E-state index contributed by atoms with van der Waals surface area (Å²) in [6.45, 7) is 6.17. The second-order valence-electron chi connectivity index (χ2n) is 8.41. The molecule has 0 amide bonds. The standard InChI is InChI=1S/C22H36F6O2/c1-17(2)9-6-10-18(3)11-7-12-19(4)13-8-14-20(5,29-15-21(23,24)25)30-16-22(26,27)28/h11,13,17H,6-10,12,14-16H2,1-5H3/b18-11-,19-13+. The van der Waals surface area contributed by atoms with Crippen molar-refractivity contribution in [2.75, 3.05) is 13.2 Å². The molecule has 0 heterocycles. The molecule has 0 aromatic carbocycles. The first-order valence-corrected chi connectivity index (χ1v) is 10.3. The minimum absolute atomic E-state index is 0.111. The number of rotatable bonds is 14. The Balaban J connectivity index is 4.57. The minimum atomic E-state index is -4.64. The summed E-state index contributed by atoms with van der Waals surface area (Å²) >= 11 is 0. The Kier molecular flexibility index (Phi) is 12.9. The van der Waals surface area contributed by atoms with E-state index in [4.69, 9.17) is 0 Å². The van der Waals surface area contributed by atoms with E-state index >= 15 is 0 Å². The van der Waals surface area contributed by atoms with Gasteiger partial charge in [0.05, 0.1) is 0 Å². The van der Waals surface area contributed by atoms with Crippen molar-refractivity contribution in [3.05, 3.63) is 23.3 Å². The summed E-state index contributed by atoms with van der Waals surface area (Å²) in [5.74, 6) is -1.27. The van der Waals surface area contributed by atoms with Gasteiger partial charge in [-0.3, -0.25) is 0 Å². The lowest BCUT2D eigenvalue weighted by atomic mass is 10.0. The highest BCUT2D eigenvalue weighted by Gasteiger charge is 2.38. The van der Waals surface area contributed by atoms with Gasteiger partial charge in [-0.25, -0.2) is 0 Å². The molecule has 0 bridgehead atoms. The molecule has 2 nitrogen and oxygen atoms in total. The lowest BCUT2D eigenvalue weighted by molar-refractivity contribution is -0.305. The van der Waals surface area contributed by atoms with E-state index in [1.807, 2.05) is 13.0 Å². The van der Waals surface area contributed by atoms with Crippen LogP contribution in [0.3, 0.4) is 0 Å². The molecule has 0 aromatic heterocycles. The quantitative estimate of drug-likeness (QED) is 0.152. The zero-order valence-corrected chi connectivity index (χ0v) is 18.7. The summed E-state index contributed by atoms with van der Waals surface area (Å²) in [5, 5.41) is 0. The number of ether oxygens (including phenoxy) is 2. The Bertz CT molecular complexity index is 515. The number of halogens is 6. The molecule has 0 aliphatic heterocycles. The topological polar surface area (TPSA) is 18.5 Å². The maximum Gasteiger partial charge on any atom is 0.411 e. The Morgan fingerprint density at radius 2 is 1.27 bits per heavy atom. The molecule has 0 aliphatic rings. The number of alkyl halides is 6. The van der Waals surface area contributed by atoms with Crippen LogP contribution in [0.5, 0.6) is 0 Å². The molecule has 0 aromatic rings. The van der Waals surface area contributed by atoms with Crippen molar-refractivity contribution in [1.82, 2.24) is 0 Å². The summed E-state index contributed by atoms with van der Waals surface area (Å²) in [6.07, 6.45) is -0.106. The normalized spacial score (nSPS) is 14.7. The van der Waals surface area contributed by atoms with Gasteiger partial charge in [-0.2, -0.15) is 26.3 Å². The zero-order valence-electron chi connectivity index (χ0n) is 18.7. The Hall–Kier alpha value is -1.02. The molecule has 30 heavy (non-hydrogen) atoms. The van der Waals surface area contributed by atoms with Gasteiger partial charge in [-0.15, -0.1) is 0 Å². The highest BCUT2D eigenvalue weighted by atomic mass is 19.4. The predicted octanol–water partition coefficient (Wildman–Crippen LogP) is 8.14. The van der Waals surface area contributed by atoms with Gasteiger partial charge in [0.15, 0.2) is 5.79 Å².